The average Bonchev–Trinajstić information content (AvgIpc) is 2.41. The van der Waals surface area contributed by atoms with Crippen LogP contribution in [0.3, 0.4) is 0 Å². The second-order valence-corrected chi connectivity index (χ2v) is 5.74. The summed E-state index contributed by atoms with van der Waals surface area (Å²) >= 11 is 3.47. The molecule has 2 rings (SSSR count). The molecule has 1 heterocycles. The molecule has 0 radical (unpaired) electrons. The number of aromatic nitrogens is 1. The Hall–Kier alpha value is -1.26. The van der Waals surface area contributed by atoms with Crippen LogP contribution in [0.4, 0.5) is 4.39 Å². The van der Waals surface area contributed by atoms with E-state index in [4.69, 9.17) is 0 Å². The van der Waals surface area contributed by atoms with E-state index in [2.05, 4.69) is 52.2 Å². The number of nitrogens with zero attached hydrogens (tertiary/aromatic N) is 1. The van der Waals surface area contributed by atoms with Gasteiger partial charge >= 0.3 is 0 Å². The number of hydrogen-bond acceptors (Lipinski definition) is 2. The number of benzene rings is 1. The number of aryl methyl sites for hydroxylation is 1. The van der Waals surface area contributed by atoms with Crippen LogP contribution in [0, 0.1) is 12.7 Å². The van der Waals surface area contributed by atoms with Crippen LogP contribution < -0.4 is 5.32 Å². The highest BCUT2D eigenvalue weighted by Crippen LogP contribution is 2.27. The topological polar surface area (TPSA) is 24.9 Å². The summed E-state index contributed by atoms with van der Waals surface area (Å²) in [6, 6.07) is 7.66. The van der Waals surface area contributed by atoms with E-state index < -0.39 is 0 Å². The van der Waals surface area contributed by atoms with Gasteiger partial charge < -0.3 is 5.32 Å². The molecule has 1 N–H and O–H groups in total. The minimum atomic E-state index is -0.305. The minimum absolute atomic E-state index is 0.0359. The van der Waals surface area contributed by atoms with E-state index in [-0.39, 0.29) is 11.9 Å². The largest absolute Gasteiger partial charge is 0.306 e. The summed E-state index contributed by atoms with van der Waals surface area (Å²) < 4.78 is 14.5. The Balaban J connectivity index is 2.41. The van der Waals surface area contributed by atoms with Crippen LogP contribution in [0.2, 0.25) is 0 Å². The van der Waals surface area contributed by atoms with E-state index in [1.165, 1.54) is 6.20 Å². The van der Waals surface area contributed by atoms with Crippen LogP contribution >= 0.6 is 15.9 Å². The van der Waals surface area contributed by atoms with Gasteiger partial charge in [-0.25, -0.2) is 4.39 Å². The first kappa shape index (κ1) is 15.1. The average molecular weight is 337 g/mol. The van der Waals surface area contributed by atoms with Crippen LogP contribution in [-0.2, 0) is 0 Å². The zero-order valence-corrected chi connectivity index (χ0v) is 13.2. The molecule has 1 unspecified atom stereocenters. The van der Waals surface area contributed by atoms with Crippen molar-refractivity contribution in [3.63, 3.8) is 0 Å². The van der Waals surface area contributed by atoms with Crippen LogP contribution in [-0.4, -0.2) is 11.5 Å². The lowest BCUT2D eigenvalue weighted by molar-refractivity contribution is 0.579. The van der Waals surface area contributed by atoms with Gasteiger partial charge in [-0.1, -0.05) is 28.9 Å². The predicted molar refractivity (Wildman–Crippen MR) is 83.2 cm³/mol. The molecule has 1 aromatic heterocycles. The summed E-state index contributed by atoms with van der Waals surface area (Å²) in [7, 11) is 0. The molecule has 1 aromatic carbocycles. The monoisotopic (exact) mass is 336 g/mol. The van der Waals surface area contributed by atoms with Gasteiger partial charge in [0, 0.05) is 10.7 Å². The van der Waals surface area contributed by atoms with Crippen molar-refractivity contribution in [1.29, 1.82) is 0 Å². The van der Waals surface area contributed by atoms with E-state index in [0.29, 0.717) is 0 Å². The third kappa shape index (κ3) is 3.64. The number of rotatable bonds is 5. The molecule has 0 bridgehead atoms. The van der Waals surface area contributed by atoms with Crippen molar-refractivity contribution in [3.05, 3.63) is 63.6 Å². The molecule has 0 aliphatic carbocycles. The summed E-state index contributed by atoms with van der Waals surface area (Å²) in [5, 5.41) is 3.47. The van der Waals surface area contributed by atoms with Gasteiger partial charge in [0.1, 0.15) is 5.82 Å². The molecule has 0 amide bonds. The molecule has 0 spiro atoms. The van der Waals surface area contributed by atoms with Crippen molar-refractivity contribution in [3.8, 4) is 0 Å². The van der Waals surface area contributed by atoms with Crippen molar-refractivity contribution >= 4 is 15.9 Å². The summed E-state index contributed by atoms with van der Waals surface area (Å²) in [6.45, 7) is 5.05. The lowest BCUT2D eigenvalue weighted by atomic mass is 9.96. The standard InChI is InChI=1S/C16H18BrFN2/c1-3-6-20-16(12-8-14(18)10-19-9-12)15-5-4-13(17)7-11(15)2/h4-5,7-10,16,20H,3,6H2,1-2H3. The maximum absolute atomic E-state index is 13.4. The number of pyridine rings is 1. The maximum Gasteiger partial charge on any atom is 0.141 e. The fourth-order valence-electron chi connectivity index (χ4n) is 2.25. The van der Waals surface area contributed by atoms with Gasteiger partial charge in [0.15, 0.2) is 0 Å². The molecule has 0 fully saturated rings. The number of hydrogen-bond donors (Lipinski definition) is 1. The number of halogens is 2. The summed E-state index contributed by atoms with van der Waals surface area (Å²) in [6.07, 6.45) is 3.97. The van der Waals surface area contributed by atoms with E-state index in [1.807, 2.05) is 6.07 Å². The molecule has 4 heteroatoms. The second-order valence-electron chi connectivity index (χ2n) is 4.82. The molecule has 1 atom stereocenters. The van der Waals surface area contributed by atoms with E-state index in [1.54, 1.807) is 12.3 Å². The molecule has 106 valence electrons. The van der Waals surface area contributed by atoms with Gasteiger partial charge in [-0.15, -0.1) is 0 Å². The van der Waals surface area contributed by atoms with Crippen LogP contribution in [0.1, 0.15) is 36.1 Å². The summed E-state index contributed by atoms with van der Waals surface area (Å²) in [4.78, 5) is 3.96. The zero-order chi connectivity index (χ0) is 14.5. The highest BCUT2D eigenvalue weighted by Gasteiger charge is 2.16. The van der Waals surface area contributed by atoms with Crippen molar-refractivity contribution in [2.45, 2.75) is 26.3 Å². The lowest BCUT2D eigenvalue weighted by Gasteiger charge is -2.21. The summed E-state index contributed by atoms with van der Waals surface area (Å²) in [5.74, 6) is -0.305. The van der Waals surface area contributed by atoms with E-state index in [9.17, 15) is 4.39 Å². The Bertz CT molecular complexity index is 586. The van der Waals surface area contributed by atoms with Crippen molar-refractivity contribution in [2.75, 3.05) is 6.54 Å². The zero-order valence-electron chi connectivity index (χ0n) is 11.7. The van der Waals surface area contributed by atoms with Gasteiger partial charge in [-0.05, 0) is 54.8 Å². The first-order valence-electron chi connectivity index (χ1n) is 6.71. The Morgan fingerprint density at radius 3 is 2.75 bits per heavy atom. The first-order chi connectivity index (χ1) is 9.61. The highest BCUT2D eigenvalue weighted by molar-refractivity contribution is 9.10. The molecule has 0 saturated carbocycles. The predicted octanol–water partition coefficient (Wildman–Crippen LogP) is 4.38. The second kappa shape index (κ2) is 6.95. The number of nitrogens with one attached hydrogen (secondary N) is 1. The van der Waals surface area contributed by atoms with Crippen molar-refractivity contribution in [1.82, 2.24) is 10.3 Å². The first-order valence-corrected chi connectivity index (χ1v) is 7.51. The van der Waals surface area contributed by atoms with Crippen LogP contribution in [0.25, 0.3) is 0 Å². The quantitative estimate of drug-likeness (QED) is 0.876. The third-order valence-electron chi connectivity index (χ3n) is 3.20. The van der Waals surface area contributed by atoms with E-state index in [0.717, 1.165) is 34.1 Å². The SMILES string of the molecule is CCCNC(c1cncc(F)c1)c1ccc(Br)cc1C. The Labute approximate surface area is 127 Å². The fourth-order valence-corrected chi connectivity index (χ4v) is 2.72. The maximum atomic E-state index is 13.4. The summed E-state index contributed by atoms with van der Waals surface area (Å²) in [5.41, 5.74) is 3.16. The lowest BCUT2D eigenvalue weighted by Crippen LogP contribution is -2.24. The van der Waals surface area contributed by atoms with Crippen LogP contribution in [0.15, 0.2) is 41.1 Å². The Morgan fingerprint density at radius 2 is 2.10 bits per heavy atom. The molecular weight excluding hydrogens is 319 g/mol. The van der Waals surface area contributed by atoms with E-state index >= 15 is 0 Å². The molecule has 20 heavy (non-hydrogen) atoms. The minimum Gasteiger partial charge on any atom is -0.306 e. The van der Waals surface area contributed by atoms with Gasteiger partial charge in [-0.3, -0.25) is 4.98 Å². The molecule has 0 saturated heterocycles. The molecular formula is C16H18BrFN2. The smallest absolute Gasteiger partial charge is 0.141 e. The molecule has 0 aliphatic heterocycles. The van der Waals surface area contributed by atoms with Gasteiger partial charge in [0.25, 0.3) is 0 Å². The highest BCUT2D eigenvalue weighted by atomic mass is 79.9. The fraction of sp³-hybridized carbons (Fsp3) is 0.312. The molecule has 2 nitrogen and oxygen atoms in total. The van der Waals surface area contributed by atoms with Crippen molar-refractivity contribution in [2.24, 2.45) is 0 Å². The Morgan fingerprint density at radius 1 is 1.30 bits per heavy atom. The Kier molecular flexibility index (Phi) is 5.26. The molecule has 2 aromatic rings. The third-order valence-corrected chi connectivity index (χ3v) is 3.69. The van der Waals surface area contributed by atoms with Crippen molar-refractivity contribution < 1.29 is 4.39 Å². The normalized spacial score (nSPS) is 12.4. The van der Waals surface area contributed by atoms with Crippen LogP contribution in [0.5, 0.6) is 0 Å². The van der Waals surface area contributed by atoms with Gasteiger partial charge in [-0.2, -0.15) is 0 Å². The molecule has 0 aliphatic rings. The van der Waals surface area contributed by atoms with Gasteiger partial charge in [0.05, 0.1) is 12.2 Å². The van der Waals surface area contributed by atoms with Gasteiger partial charge in [0.2, 0.25) is 0 Å².